The Morgan fingerprint density at radius 3 is 2.29 bits per heavy atom. The van der Waals surface area contributed by atoms with Crippen LogP contribution >= 0.6 is 0 Å². The Bertz CT molecular complexity index is 270. The normalized spacial score (nSPS) is 18.1. The minimum Gasteiger partial charge on any atom is -0.382 e. The summed E-state index contributed by atoms with van der Waals surface area (Å²) in [6.07, 6.45) is 6.82. The van der Waals surface area contributed by atoms with E-state index in [1.54, 1.807) is 0 Å². The van der Waals surface area contributed by atoms with Crippen molar-refractivity contribution in [3.8, 4) is 0 Å². The molecule has 0 bridgehead atoms. The zero-order valence-electron chi connectivity index (χ0n) is 8.63. The van der Waals surface area contributed by atoms with Crippen LogP contribution in [-0.2, 0) is 0 Å². The minimum absolute atomic E-state index is 0.694. The Balaban J connectivity index is 1.92. The van der Waals surface area contributed by atoms with Crippen molar-refractivity contribution in [1.29, 1.82) is 0 Å². The second kappa shape index (κ2) is 4.50. The number of rotatable bonds is 2. The molecule has 1 aliphatic carbocycles. The average molecular weight is 188 g/mol. The van der Waals surface area contributed by atoms with Gasteiger partial charge in [0.05, 0.1) is 0 Å². The first-order valence-electron chi connectivity index (χ1n) is 5.53. The van der Waals surface area contributed by atoms with Crippen LogP contribution < -0.4 is 5.32 Å². The third-order valence-electron chi connectivity index (χ3n) is 2.93. The van der Waals surface area contributed by atoms with E-state index in [4.69, 9.17) is 0 Å². The van der Waals surface area contributed by atoms with Gasteiger partial charge >= 0.3 is 0 Å². The third-order valence-corrected chi connectivity index (χ3v) is 2.93. The van der Waals surface area contributed by atoms with Crippen molar-refractivity contribution in [2.24, 2.45) is 0 Å². The van der Waals surface area contributed by atoms with E-state index >= 15 is 0 Å². The predicted octanol–water partition coefficient (Wildman–Crippen LogP) is 3.61. The van der Waals surface area contributed by atoms with Crippen LogP contribution in [0.5, 0.6) is 0 Å². The summed E-state index contributed by atoms with van der Waals surface area (Å²) in [5, 5.41) is 3.58. The van der Waals surface area contributed by atoms with Crippen LogP contribution in [0.4, 0.5) is 5.69 Å². The lowest BCUT2D eigenvalue weighted by Gasteiger charge is -2.23. The quantitative estimate of drug-likeness (QED) is 0.747. The van der Waals surface area contributed by atoms with E-state index in [9.17, 15) is 0 Å². The summed E-state index contributed by atoms with van der Waals surface area (Å²) in [6, 6.07) is 9.06. The monoisotopic (exact) mass is 188 g/mol. The van der Waals surface area contributed by atoms with Gasteiger partial charge in [-0.25, -0.2) is 0 Å². The molecule has 0 spiro atoms. The highest BCUT2D eigenvalue weighted by Gasteiger charge is 2.12. The second-order valence-corrected chi connectivity index (χ2v) is 4.18. The zero-order valence-corrected chi connectivity index (χ0v) is 8.63. The van der Waals surface area contributed by atoms with Gasteiger partial charge in [-0.3, -0.25) is 0 Å². The molecular formula is C13H18N. The van der Waals surface area contributed by atoms with Crippen LogP contribution in [0.15, 0.2) is 24.3 Å². The van der Waals surface area contributed by atoms with Crippen LogP contribution in [0.3, 0.4) is 0 Å². The summed E-state index contributed by atoms with van der Waals surface area (Å²) in [6.45, 7) is 3.88. The number of hydrogen-bond acceptors (Lipinski definition) is 1. The number of anilines is 1. The van der Waals surface area contributed by atoms with Crippen molar-refractivity contribution in [1.82, 2.24) is 0 Å². The summed E-state index contributed by atoms with van der Waals surface area (Å²) in [7, 11) is 0. The molecule has 1 N–H and O–H groups in total. The largest absolute Gasteiger partial charge is 0.382 e. The molecule has 0 heterocycles. The standard InChI is InChI=1S/C13H18N/c1-11-7-9-13(10-8-11)14-12-5-3-2-4-6-12/h7-10,12,14H,1-6H2. The summed E-state index contributed by atoms with van der Waals surface area (Å²) >= 11 is 0. The molecule has 1 aromatic rings. The molecule has 1 radical (unpaired) electrons. The van der Waals surface area contributed by atoms with E-state index in [-0.39, 0.29) is 0 Å². The molecule has 1 fully saturated rings. The topological polar surface area (TPSA) is 12.0 Å². The number of nitrogens with one attached hydrogen (secondary N) is 1. The maximum Gasteiger partial charge on any atom is 0.0342 e. The van der Waals surface area contributed by atoms with Crippen LogP contribution in [-0.4, -0.2) is 6.04 Å². The first kappa shape index (κ1) is 9.57. The van der Waals surface area contributed by atoms with Crippen molar-refractivity contribution in [2.45, 2.75) is 38.1 Å². The molecule has 14 heavy (non-hydrogen) atoms. The number of benzene rings is 1. The fourth-order valence-electron chi connectivity index (χ4n) is 2.08. The Kier molecular flexibility index (Phi) is 3.07. The molecule has 1 heteroatoms. The zero-order chi connectivity index (χ0) is 9.80. The lowest BCUT2D eigenvalue weighted by molar-refractivity contribution is 0.463. The molecule has 75 valence electrons. The van der Waals surface area contributed by atoms with Gasteiger partial charge in [-0.15, -0.1) is 0 Å². The lowest BCUT2D eigenvalue weighted by atomic mass is 9.95. The van der Waals surface area contributed by atoms with Gasteiger partial charge in [0.25, 0.3) is 0 Å². The fraction of sp³-hybridized carbons (Fsp3) is 0.462. The first-order valence-corrected chi connectivity index (χ1v) is 5.53. The highest BCUT2D eigenvalue weighted by atomic mass is 14.9. The fourth-order valence-corrected chi connectivity index (χ4v) is 2.08. The Morgan fingerprint density at radius 1 is 1.00 bits per heavy atom. The van der Waals surface area contributed by atoms with Gasteiger partial charge in [0.1, 0.15) is 0 Å². The molecular weight excluding hydrogens is 170 g/mol. The average Bonchev–Trinajstić information content (AvgIpc) is 2.23. The van der Waals surface area contributed by atoms with E-state index < -0.39 is 0 Å². The molecule has 1 nitrogen and oxygen atoms in total. The van der Waals surface area contributed by atoms with Crippen molar-refractivity contribution in [2.75, 3.05) is 5.32 Å². The van der Waals surface area contributed by atoms with Crippen LogP contribution in [0.1, 0.15) is 37.7 Å². The van der Waals surface area contributed by atoms with E-state index in [1.807, 2.05) is 0 Å². The third kappa shape index (κ3) is 2.50. The molecule has 2 rings (SSSR count). The highest BCUT2D eigenvalue weighted by molar-refractivity contribution is 5.45. The summed E-state index contributed by atoms with van der Waals surface area (Å²) in [5.41, 5.74) is 2.32. The van der Waals surface area contributed by atoms with E-state index in [1.165, 1.54) is 37.8 Å². The van der Waals surface area contributed by atoms with Gasteiger partial charge in [0.2, 0.25) is 0 Å². The second-order valence-electron chi connectivity index (χ2n) is 4.18. The van der Waals surface area contributed by atoms with Gasteiger partial charge in [0.15, 0.2) is 0 Å². The first-order chi connectivity index (χ1) is 6.84. The summed E-state index contributed by atoms with van der Waals surface area (Å²) in [5.74, 6) is 0. The number of hydrogen-bond donors (Lipinski definition) is 1. The molecule has 1 saturated carbocycles. The maximum atomic E-state index is 3.88. The lowest BCUT2D eigenvalue weighted by Crippen LogP contribution is -2.22. The van der Waals surface area contributed by atoms with E-state index in [0.29, 0.717) is 6.04 Å². The van der Waals surface area contributed by atoms with Crippen LogP contribution in [0.25, 0.3) is 0 Å². The van der Waals surface area contributed by atoms with E-state index in [0.717, 1.165) is 5.56 Å². The Morgan fingerprint density at radius 2 is 1.64 bits per heavy atom. The molecule has 0 aliphatic heterocycles. The Labute approximate surface area is 86.5 Å². The molecule has 1 aromatic carbocycles. The molecule has 0 aromatic heterocycles. The molecule has 0 saturated heterocycles. The highest BCUT2D eigenvalue weighted by Crippen LogP contribution is 2.21. The molecule has 0 amide bonds. The van der Waals surface area contributed by atoms with Gasteiger partial charge in [-0.05, 0) is 37.5 Å². The summed E-state index contributed by atoms with van der Waals surface area (Å²) in [4.78, 5) is 0. The smallest absolute Gasteiger partial charge is 0.0342 e. The van der Waals surface area contributed by atoms with Crippen LogP contribution in [0.2, 0.25) is 0 Å². The van der Waals surface area contributed by atoms with Gasteiger partial charge < -0.3 is 5.32 Å². The van der Waals surface area contributed by atoms with Crippen LogP contribution in [0, 0.1) is 6.92 Å². The Hall–Kier alpha value is -0.980. The van der Waals surface area contributed by atoms with Gasteiger partial charge in [-0.1, -0.05) is 31.4 Å². The maximum absolute atomic E-state index is 3.88. The van der Waals surface area contributed by atoms with Gasteiger partial charge in [-0.2, -0.15) is 0 Å². The summed E-state index contributed by atoms with van der Waals surface area (Å²) < 4.78 is 0. The van der Waals surface area contributed by atoms with E-state index in [2.05, 4.69) is 36.5 Å². The van der Waals surface area contributed by atoms with Crippen molar-refractivity contribution < 1.29 is 0 Å². The van der Waals surface area contributed by atoms with Crippen molar-refractivity contribution >= 4 is 5.69 Å². The SMILES string of the molecule is [CH2]c1ccc(NC2CCCCC2)cc1. The van der Waals surface area contributed by atoms with Crippen molar-refractivity contribution in [3.05, 3.63) is 36.8 Å². The predicted molar refractivity (Wildman–Crippen MR) is 61.4 cm³/mol. The van der Waals surface area contributed by atoms with Gasteiger partial charge in [0, 0.05) is 11.7 Å². The molecule has 1 aliphatic rings. The minimum atomic E-state index is 0.694. The van der Waals surface area contributed by atoms with Crippen molar-refractivity contribution in [3.63, 3.8) is 0 Å². The molecule has 0 atom stereocenters. The molecule has 0 unspecified atom stereocenters.